The lowest BCUT2D eigenvalue weighted by Crippen LogP contribution is -2.39. The van der Waals surface area contributed by atoms with Crippen molar-refractivity contribution in [2.24, 2.45) is 5.41 Å². The van der Waals surface area contributed by atoms with E-state index in [-0.39, 0.29) is 12.0 Å². The summed E-state index contributed by atoms with van der Waals surface area (Å²) >= 11 is 0. The molecule has 3 heteroatoms. The van der Waals surface area contributed by atoms with Crippen molar-refractivity contribution in [3.8, 4) is 0 Å². The summed E-state index contributed by atoms with van der Waals surface area (Å²) in [6, 6.07) is 11.0. The van der Waals surface area contributed by atoms with Gasteiger partial charge in [-0.3, -0.25) is 0 Å². The van der Waals surface area contributed by atoms with Crippen LogP contribution in [-0.2, 0) is 0 Å². The topological polar surface area (TPSA) is 26.7 Å². The zero-order chi connectivity index (χ0) is 13.9. The number of hydrogen-bond acceptors (Lipinski definition) is 3. The van der Waals surface area contributed by atoms with Gasteiger partial charge < -0.3 is 14.9 Å². The first kappa shape index (κ1) is 14.4. The number of benzene rings is 1. The summed E-state index contributed by atoms with van der Waals surface area (Å²) < 4.78 is 0. The second kappa shape index (κ2) is 5.93. The first-order chi connectivity index (χ1) is 9.02. The number of likely N-dealkylation sites (N-methyl/N-ethyl adjacent to an activating group) is 1. The lowest BCUT2D eigenvalue weighted by molar-refractivity contribution is 0.162. The van der Waals surface area contributed by atoms with Crippen LogP contribution in [0.2, 0.25) is 0 Å². The number of nitrogens with zero attached hydrogens (tertiary/aromatic N) is 2. The standard InChI is InChI=1S/C16H26N2O/c1-16(2)12-17(3)15(9-10-19)11-18(13-16)14-7-5-4-6-8-14/h4-8,15,19H,9-13H2,1-3H3. The molecule has 1 aliphatic heterocycles. The molecule has 1 aromatic rings. The highest BCUT2D eigenvalue weighted by molar-refractivity contribution is 5.46. The fraction of sp³-hybridized carbons (Fsp3) is 0.625. The van der Waals surface area contributed by atoms with E-state index in [1.165, 1.54) is 5.69 Å². The van der Waals surface area contributed by atoms with Gasteiger partial charge >= 0.3 is 0 Å². The fourth-order valence-electron chi connectivity index (χ4n) is 3.13. The normalized spacial score (nSPS) is 24.2. The molecule has 0 aromatic heterocycles. The molecular weight excluding hydrogens is 236 g/mol. The van der Waals surface area contributed by atoms with E-state index in [4.69, 9.17) is 0 Å². The molecule has 0 spiro atoms. The van der Waals surface area contributed by atoms with Crippen molar-refractivity contribution < 1.29 is 5.11 Å². The van der Waals surface area contributed by atoms with Crippen molar-refractivity contribution in [3.63, 3.8) is 0 Å². The van der Waals surface area contributed by atoms with Gasteiger partial charge in [0, 0.05) is 38.0 Å². The maximum absolute atomic E-state index is 9.27. The first-order valence-corrected chi connectivity index (χ1v) is 7.13. The largest absolute Gasteiger partial charge is 0.396 e. The quantitative estimate of drug-likeness (QED) is 0.905. The maximum atomic E-state index is 9.27. The summed E-state index contributed by atoms with van der Waals surface area (Å²) in [7, 11) is 2.18. The predicted octanol–water partition coefficient (Wildman–Crippen LogP) is 2.22. The fourth-order valence-corrected chi connectivity index (χ4v) is 3.13. The Kier molecular flexibility index (Phi) is 4.48. The molecule has 1 heterocycles. The highest BCUT2D eigenvalue weighted by Gasteiger charge is 2.32. The molecule has 0 aliphatic carbocycles. The Labute approximate surface area is 116 Å². The van der Waals surface area contributed by atoms with Gasteiger partial charge in [0.05, 0.1) is 0 Å². The Morgan fingerprint density at radius 1 is 1.21 bits per heavy atom. The molecule has 2 rings (SSSR count). The minimum absolute atomic E-state index is 0.259. The lowest BCUT2D eigenvalue weighted by Gasteiger charge is -2.31. The van der Waals surface area contributed by atoms with Crippen LogP contribution < -0.4 is 4.90 Å². The molecule has 1 saturated heterocycles. The van der Waals surface area contributed by atoms with Crippen LogP contribution in [0.1, 0.15) is 20.3 Å². The molecule has 0 radical (unpaired) electrons. The average molecular weight is 262 g/mol. The molecule has 1 aromatic carbocycles. The Hall–Kier alpha value is -1.06. The van der Waals surface area contributed by atoms with Crippen molar-refractivity contribution in [2.45, 2.75) is 26.3 Å². The Morgan fingerprint density at radius 3 is 2.53 bits per heavy atom. The number of rotatable bonds is 3. The van der Waals surface area contributed by atoms with Crippen LogP contribution in [0.25, 0.3) is 0 Å². The van der Waals surface area contributed by atoms with Crippen molar-refractivity contribution in [1.82, 2.24) is 4.90 Å². The number of anilines is 1. The van der Waals surface area contributed by atoms with E-state index >= 15 is 0 Å². The van der Waals surface area contributed by atoms with Crippen molar-refractivity contribution in [1.29, 1.82) is 0 Å². The van der Waals surface area contributed by atoms with E-state index in [0.717, 1.165) is 26.1 Å². The van der Waals surface area contributed by atoms with Gasteiger partial charge in [-0.1, -0.05) is 32.0 Å². The molecule has 1 N–H and O–H groups in total. The number of aliphatic hydroxyl groups is 1. The number of para-hydroxylation sites is 1. The zero-order valence-corrected chi connectivity index (χ0v) is 12.3. The lowest BCUT2D eigenvalue weighted by atomic mass is 9.92. The van der Waals surface area contributed by atoms with Crippen LogP contribution in [0.15, 0.2) is 30.3 Å². The van der Waals surface area contributed by atoms with Crippen molar-refractivity contribution in [3.05, 3.63) is 30.3 Å². The third-order valence-corrected chi connectivity index (χ3v) is 3.93. The van der Waals surface area contributed by atoms with E-state index in [1.54, 1.807) is 0 Å². The molecular formula is C16H26N2O. The minimum Gasteiger partial charge on any atom is -0.396 e. The summed E-state index contributed by atoms with van der Waals surface area (Å²) in [6.07, 6.45) is 0.843. The number of aliphatic hydroxyl groups excluding tert-OH is 1. The summed E-state index contributed by atoms with van der Waals surface area (Å²) in [4.78, 5) is 4.86. The highest BCUT2D eigenvalue weighted by atomic mass is 16.3. The van der Waals surface area contributed by atoms with E-state index < -0.39 is 0 Å². The van der Waals surface area contributed by atoms with Crippen LogP contribution >= 0.6 is 0 Å². The number of hydrogen-bond donors (Lipinski definition) is 1. The van der Waals surface area contributed by atoms with Crippen molar-refractivity contribution in [2.75, 3.05) is 38.2 Å². The van der Waals surface area contributed by atoms with Crippen LogP contribution in [0.4, 0.5) is 5.69 Å². The molecule has 19 heavy (non-hydrogen) atoms. The SMILES string of the molecule is CN1CC(C)(C)CN(c2ccccc2)CC1CCO. The molecule has 1 unspecified atom stereocenters. The summed E-state index contributed by atoms with van der Waals surface area (Å²) in [5, 5.41) is 9.27. The van der Waals surface area contributed by atoms with Gasteiger partial charge in [0.1, 0.15) is 0 Å². The van der Waals surface area contributed by atoms with E-state index in [2.05, 4.69) is 61.0 Å². The average Bonchev–Trinajstić information content (AvgIpc) is 2.47. The van der Waals surface area contributed by atoms with Gasteiger partial charge in [0.2, 0.25) is 0 Å². The van der Waals surface area contributed by atoms with Crippen molar-refractivity contribution >= 4 is 5.69 Å². The van der Waals surface area contributed by atoms with E-state index in [9.17, 15) is 5.11 Å². The maximum Gasteiger partial charge on any atom is 0.0446 e. The second-order valence-electron chi connectivity index (χ2n) is 6.46. The Bertz CT molecular complexity index is 391. The molecule has 106 valence electrons. The van der Waals surface area contributed by atoms with E-state index in [0.29, 0.717) is 6.04 Å². The van der Waals surface area contributed by atoms with Gasteiger partial charge in [-0.15, -0.1) is 0 Å². The highest BCUT2D eigenvalue weighted by Crippen LogP contribution is 2.28. The van der Waals surface area contributed by atoms with E-state index in [1.807, 2.05) is 0 Å². The van der Waals surface area contributed by atoms with Crippen LogP contribution in [-0.4, -0.2) is 49.3 Å². The molecule has 1 aliphatic rings. The van der Waals surface area contributed by atoms with Gasteiger partial charge in [-0.05, 0) is 31.0 Å². The van der Waals surface area contributed by atoms with Gasteiger partial charge in [0.15, 0.2) is 0 Å². The molecule has 3 nitrogen and oxygen atoms in total. The third kappa shape index (κ3) is 3.71. The summed E-state index contributed by atoms with van der Waals surface area (Å²) in [5.74, 6) is 0. The molecule has 1 atom stereocenters. The summed E-state index contributed by atoms with van der Waals surface area (Å²) in [6.45, 7) is 8.02. The third-order valence-electron chi connectivity index (χ3n) is 3.93. The smallest absolute Gasteiger partial charge is 0.0446 e. The zero-order valence-electron chi connectivity index (χ0n) is 12.3. The molecule has 0 saturated carbocycles. The monoisotopic (exact) mass is 262 g/mol. The molecule has 0 amide bonds. The van der Waals surface area contributed by atoms with Crippen LogP contribution in [0.3, 0.4) is 0 Å². The summed E-state index contributed by atoms with van der Waals surface area (Å²) in [5.41, 5.74) is 1.54. The first-order valence-electron chi connectivity index (χ1n) is 7.13. The molecule has 1 fully saturated rings. The van der Waals surface area contributed by atoms with Crippen LogP contribution in [0.5, 0.6) is 0 Å². The molecule has 0 bridgehead atoms. The van der Waals surface area contributed by atoms with Gasteiger partial charge in [-0.2, -0.15) is 0 Å². The van der Waals surface area contributed by atoms with Crippen LogP contribution in [0, 0.1) is 5.41 Å². The minimum atomic E-state index is 0.259. The van der Waals surface area contributed by atoms with Gasteiger partial charge in [-0.25, -0.2) is 0 Å². The Morgan fingerprint density at radius 2 is 1.89 bits per heavy atom. The predicted molar refractivity (Wildman–Crippen MR) is 80.6 cm³/mol. The van der Waals surface area contributed by atoms with Gasteiger partial charge in [0.25, 0.3) is 0 Å². The Balaban J connectivity index is 2.22. The second-order valence-corrected chi connectivity index (χ2v) is 6.46.